The molecule has 3 N–H and O–H groups in total. The Kier molecular flexibility index (Phi) is 4.00. The van der Waals surface area contributed by atoms with Gasteiger partial charge in [-0.05, 0) is 43.4 Å². The standard InChI is InChI=1S/C15H28N2O/c1-10-9-11(6-7-12(10)16)14(18)17-13-5-4-8-15(13,2)3/h10-13H,4-9,16H2,1-3H3,(H,17,18). The lowest BCUT2D eigenvalue weighted by molar-refractivity contribution is -0.127. The first-order valence-corrected chi connectivity index (χ1v) is 7.46. The van der Waals surface area contributed by atoms with E-state index in [1.165, 1.54) is 12.8 Å². The Morgan fingerprint density at radius 1 is 1.28 bits per heavy atom. The SMILES string of the molecule is CC1CC(C(=O)NC2CCCC2(C)C)CCC1N. The monoisotopic (exact) mass is 252 g/mol. The molecule has 4 atom stereocenters. The van der Waals surface area contributed by atoms with Crippen molar-refractivity contribution in [3.63, 3.8) is 0 Å². The molecule has 0 spiro atoms. The van der Waals surface area contributed by atoms with Crippen molar-refractivity contribution >= 4 is 5.91 Å². The van der Waals surface area contributed by atoms with Crippen molar-refractivity contribution in [3.05, 3.63) is 0 Å². The van der Waals surface area contributed by atoms with Crippen LogP contribution in [0.1, 0.15) is 59.3 Å². The van der Waals surface area contributed by atoms with Gasteiger partial charge in [-0.2, -0.15) is 0 Å². The second-order valence-electron chi connectivity index (χ2n) is 7.09. The van der Waals surface area contributed by atoms with Crippen LogP contribution in [-0.2, 0) is 4.79 Å². The van der Waals surface area contributed by atoms with Gasteiger partial charge < -0.3 is 11.1 Å². The van der Waals surface area contributed by atoms with Gasteiger partial charge in [-0.3, -0.25) is 4.79 Å². The topological polar surface area (TPSA) is 55.1 Å². The van der Waals surface area contributed by atoms with Crippen molar-refractivity contribution in [3.8, 4) is 0 Å². The fourth-order valence-electron chi connectivity index (χ4n) is 3.54. The second kappa shape index (κ2) is 5.20. The molecule has 0 saturated heterocycles. The Morgan fingerprint density at radius 2 is 2.00 bits per heavy atom. The van der Waals surface area contributed by atoms with Gasteiger partial charge in [0, 0.05) is 18.0 Å². The average Bonchev–Trinajstić information content (AvgIpc) is 2.62. The van der Waals surface area contributed by atoms with E-state index in [0.717, 1.165) is 25.7 Å². The maximum Gasteiger partial charge on any atom is 0.223 e. The second-order valence-corrected chi connectivity index (χ2v) is 7.09. The molecule has 0 aliphatic heterocycles. The summed E-state index contributed by atoms with van der Waals surface area (Å²) >= 11 is 0. The number of nitrogens with one attached hydrogen (secondary N) is 1. The van der Waals surface area contributed by atoms with Crippen LogP contribution in [0.15, 0.2) is 0 Å². The molecule has 2 fully saturated rings. The quantitative estimate of drug-likeness (QED) is 0.793. The Morgan fingerprint density at radius 3 is 2.56 bits per heavy atom. The van der Waals surface area contributed by atoms with E-state index in [9.17, 15) is 4.79 Å². The highest BCUT2D eigenvalue weighted by atomic mass is 16.1. The summed E-state index contributed by atoms with van der Waals surface area (Å²) in [6.45, 7) is 6.71. The summed E-state index contributed by atoms with van der Waals surface area (Å²) in [5.41, 5.74) is 6.29. The van der Waals surface area contributed by atoms with Gasteiger partial charge >= 0.3 is 0 Å². The summed E-state index contributed by atoms with van der Waals surface area (Å²) in [5, 5.41) is 3.29. The Hall–Kier alpha value is -0.570. The molecular formula is C15H28N2O. The smallest absolute Gasteiger partial charge is 0.223 e. The molecule has 2 aliphatic carbocycles. The van der Waals surface area contributed by atoms with Crippen LogP contribution in [0.5, 0.6) is 0 Å². The third-order valence-corrected chi connectivity index (χ3v) is 5.18. The fraction of sp³-hybridized carbons (Fsp3) is 0.933. The van der Waals surface area contributed by atoms with E-state index in [-0.39, 0.29) is 23.3 Å². The minimum atomic E-state index is 0.191. The van der Waals surface area contributed by atoms with Crippen LogP contribution in [0.4, 0.5) is 0 Å². The summed E-state index contributed by atoms with van der Waals surface area (Å²) in [4.78, 5) is 12.3. The van der Waals surface area contributed by atoms with E-state index in [2.05, 4.69) is 26.1 Å². The molecule has 104 valence electrons. The number of nitrogens with two attached hydrogens (primary N) is 1. The van der Waals surface area contributed by atoms with Crippen molar-refractivity contribution in [2.45, 2.75) is 71.4 Å². The number of hydrogen-bond acceptors (Lipinski definition) is 2. The molecule has 0 bridgehead atoms. The number of carbonyl (C=O) groups is 1. The Labute approximate surface area is 111 Å². The summed E-state index contributed by atoms with van der Waals surface area (Å²) in [6.07, 6.45) is 6.52. The third kappa shape index (κ3) is 2.87. The Bertz CT molecular complexity index is 314. The number of rotatable bonds is 2. The molecule has 4 unspecified atom stereocenters. The van der Waals surface area contributed by atoms with E-state index < -0.39 is 0 Å². The zero-order chi connectivity index (χ0) is 13.3. The van der Waals surface area contributed by atoms with Crippen LogP contribution >= 0.6 is 0 Å². The van der Waals surface area contributed by atoms with Crippen molar-refractivity contribution in [2.24, 2.45) is 23.0 Å². The number of amides is 1. The molecule has 18 heavy (non-hydrogen) atoms. The molecule has 0 aromatic heterocycles. The van der Waals surface area contributed by atoms with Crippen LogP contribution in [0, 0.1) is 17.3 Å². The van der Waals surface area contributed by atoms with Gasteiger partial charge in [0.2, 0.25) is 5.91 Å². The normalized spacial score (nSPS) is 39.6. The van der Waals surface area contributed by atoms with Crippen molar-refractivity contribution < 1.29 is 4.79 Å². The molecular weight excluding hydrogens is 224 g/mol. The summed E-state index contributed by atoms with van der Waals surface area (Å²) in [6, 6.07) is 0.660. The molecule has 0 aromatic carbocycles. The van der Waals surface area contributed by atoms with Gasteiger partial charge in [-0.25, -0.2) is 0 Å². The van der Waals surface area contributed by atoms with Gasteiger partial charge in [-0.1, -0.05) is 27.2 Å². The minimum absolute atomic E-state index is 0.191. The average molecular weight is 252 g/mol. The predicted octanol–water partition coefficient (Wildman–Crippen LogP) is 2.44. The molecule has 3 nitrogen and oxygen atoms in total. The van der Waals surface area contributed by atoms with E-state index in [1.54, 1.807) is 0 Å². The van der Waals surface area contributed by atoms with Gasteiger partial charge in [0.15, 0.2) is 0 Å². The van der Waals surface area contributed by atoms with E-state index >= 15 is 0 Å². The van der Waals surface area contributed by atoms with Gasteiger partial charge in [0.1, 0.15) is 0 Å². The van der Waals surface area contributed by atoms with Gasteiger partial charge in [-0.15, -0.1) is 0 Å². The van der Waals surface area contributed by atoms with E-state index in [1.807, 2.05) is 0 Å². The molecule has 1 amide bonds. The lowest BCUT2D eigenvalue weighted by Crippen LogP contribution is -2.46. The van der Waals surface area contributed by atoms with E-state index in [0.29, 0.717) is 12.0 Å². The van der Waals surface area contributed by atoms with Gasteiger partial charge in [0.25, 0.3) is 0 Å². The largest absolute Gasteiger partial charge is 0.353 e. The highest BCUT2D eigenvalue weighted by molar-refractivity contribution is 5.79. The number of carbonyl (C=O) groups excluding carboxylic acids is 1. The van der Waals surface area contributed by atoms with Crippen LogP contribution in [0.2, 0.25) is 0 Å². The molecule has 0 radical (unpaired) electrons. The maximum absolute atomic E-state index is 12.3. The third-order valence-electron chi connectivity index (χ3n) is 5.18. The van der Waals surface area contributed by atoms with Crippen LogP contribution in [0.3, 0.4) is 0 Å². The first kappa shape index (κ1) is 13.9. The van der Waals surface area contributed by atoms with Crippen LogP contribution in [0.25, 0.3) is 0 Å². The van der Waals surface area contributed by atoms with Crippen LogP contribution in [-0.4, -0.2) is 18.0 Å². The highest BCUT2D eigenvalue weighted by Crippen LogP contribution is 2.38. The number of hydrogen-bond donors (Lipinski definition) is 2. The summed E-state index contributed by atoms with van der Waals surface area (Å²) in [7, 11) is 0. The minimum Gasteiger partial charge on any atom is -0.353 e. The van der Waals surface area contributed by atoms with Crippen molar-refractivity contribution in [1.29, 1.82) is 0 Å². The highest BCUT2D eigenvalue weighted by Gasteiger charge is 2.37. The molecule has 2 saturated carbocycles. The lowest BCUT2D eigenvalue weighted by atomic mass is 9.78. The lowest BCUT2D eigenvalue weighted by Gasteiger charge is -2.34. The molecule has 2 rings (SSSR count). The molecule has 3 heteroatoms. The first-order valence-electron chi connectivity index (χ1n) is 7.46. The first-order chi connectivity index (χ1) is 8.40. The van der Waals surface area contributed by atoms with E-state index in [4.69, 9.17) is 5.73 Å². The summed E-state index contributed by atoms with van der Waals surface area (Å²) < 4.78 is 0. The molecule has 2 aliphatic rings. The predicted molar refractivity (Wildman–Crippen MR) is 74.0 cm³/mol. The molecule has 0 heterocycles. The van der Waals surface area contributed by atoms with Gasteiger partial charge in [0.05, 0.1) is 0 Å². The van der Waals surface area contributed by atoms with Crippen LogP contribution < -0.4 is 11.1 Å². The maximum atomic E-state index is 12.3. The van der Waals surface area contributed by atoms with Crippen molar-refractivity contribution in [2.75, 3.05) is 0 Å². The molecule has 0 aromatic rings. The zero-order valence-corrected chi connectivity index (χ0v) is 12.0. The Balaban J connectivity index is 1.88. The zero-order valence-electron chi connectivity index (χ0n) is 12.0. The summed E-state index contributed by atoms with van der Waals surface area (Å²) in [5.74, 6) is 0.941. The fourth-order valence-corrected chi connectivity index (χ4v) is 3.54. The van der Waals surface area contributed by atoms with Crippen molar-refractivity contribution in [1.82, 2.24) is 5.32 Å².